The molecule has 0 aliphatic carbocycles. The number of nitrogens with zero attached hydrogens (tertiary/aromatic N) is 1. The predicted octanol–water partition coefficient (Wildman–Crippen LogP) is 3.24. The van der Waals surface area contributed by atoms with Gasteiger partial charge in [-0.05, 0) is 12.0 Å². The van der Waals surface area contributed by atoms with Gasteiger partial charge in [0.05, 0.1) is 21.3 Å². The first-order valence-corrected chi connectivity index (χ1v) is 8.49. The molecule has 0 amide bonds. The number of methoxy groups -OCH3 is 3. The monoisotopic (exact) mass is 485 g/mol. The van der Waals surface area contributed by atoms with E-state index in [0.29, 0.717) is 12.3 Å². The summed E-state index contributed by atoms with van der Waals surface area (Å²) in [6.07, 6.45) is 0.725. The maximum absolute atomic E-state index is 5.49. The van der Waals surface area contributed by atoms with Gasteiger partial charge in [-0.3, -0.25) is 4.99 Å². The molecular formula is C20H28IN3O3. The summed E-state index contributed by atoms with van der Waals surface area (Å²) in [4.78, 5) is 4.26. The van der Waals surface area contributed by atoms with Crippen LogP contribution in [0.4, 0.5) is 0 Å². The van der Waals surface area contributed by atoms with Gasteiger partial charge in [0.1, 0.15) is 17.2 Å². The molecule has 0 saturated heterocycles. The molecule has 0 atom stereocenters. The second kappa shape index (κ2) is 12.3. The SMILES string of the molecule is CN=C(NCCc1c(OC)cc(OC)cc1OC)NCc1ccccc1.I. The maximum Gasteiger partial charge on any atom is 0.191 e. The number of ether oxygens (including phenoxy) is 3. The predicted molar refractivity (Wildman–Crippen MR) is 120 cm³/mol. The molecule has 7 heteroatoms. The smallest absolute Gasteiger partial charge is 0.191 e. The zero-order valence-electron chi connectivity index (χ0n) is 16.2. The number of nitrogens with one attached hydrogen (secondary N) is 2. The highest BCUT2D eigenvalue weighted by atomic mass is 127. The summed E-state index contributed by atoms with van der Waals surface area (Å²) in [6.45, 7) is 1.41. The van der Waals surface area contributed by atoms with Gasteiger partial charge < -0.3 is 24.8 Å². The molecule has 27 heavy (non-hydrogen) atoms. The molecule has 0 aliphatic rings. The lowest BCUT2D eigenvalue weighted by Gasteiger charge is -2.16. The Hall–Kier alpha value is -2.16. The number of hydrogen-bond donors (Lipinski definition) is 2. The Balaban J connectivity index is 0.00000364. The fourth-order valence-corrected chi connectivity index (χ4v) is 2.63. The summed E-state index contributed by atoms with van der Waals surface area (Å²) >= 11 is 0. The van der Waals surface area contributed by atoms with Gasteiger partial charge in [-0.15, -0.1) is 24.0 Å². The first-order valence-electron chi connectivity index (χ1n) is 8.49. The number of halogens is 1. The van der Waals surface area contributed by atoms with Crippen molar-refractivity contribution in [3.05, 3.63) is 53.6 Å². The van der Waals surface area contributed by atoms with E-state index in [1.807, 2.05) is 30.3 Å². The Kier molecular flexibility index (Phi) is 10.4. The van der Waals surface area contributed by atoms with Crippen LogP contribution in [-0.4, -0.2) is 40.9 Å². The topological polar surface area (TPSA) is 64.1 Å². The quantitative estimate of drug-likeness (QED) is 0.342. The van der Waals surface area contributed by atoms with Crippen molar-refractivity contribution in [3.63, 3.8) is 0 Å². The summed E-state index contributed by atoms with van der Waals surface area (Å²) in [5.41, 5.74) is 2.19. The molecule has 2 rings (SSSR count). The van der Waals surface area contributed by atoms with Crippen molar-refractivity contribution in [1.82, 2.24) is 10.6 Å². The second-order valence-corrected chi connectivity index (χ2v) is 5.60. The molecule has 2 aromatic carbocycles. The molecule has 0 unspecified atom stereocenters. The van der Waals surface area contributed by atoms with Gasteiger partial charge >= 0.3 is 0 Å². The Morgan fingerprint density at radius 1 is 0.926 bits per heavy atom. The van der Waals surface area contributed by atoms with E-state index in [0.717, 1.165) is 36.0 Å². The van der Waals surface area contributed by atoms with Crippen LogP contribution >= 0.6 is 24.0 Å². The largest absolute Gasteiger partial charge is 0.496 e. The number of benzene rings is 2. The van der Waals surface area contributed by atoms with Crippen LogP contribution in [0.5, 0.6) is 17.2 Å². The normalized spacial score (nSPS) is 10.6. The van der Waals surface area contributed by atoms with Gasteiger partial charge in [0.2, 0.25) is 0 Å². The van der Waals surface area contributed by atoms with Crippen molar-refractivity contribution in [2.45, 2.75) is 13.0 Å². The van der Waals surface area contributed by atoms with Crippen LogP contribution in [0.3, 0.4) is 0 Å². The zero-order chi connectivity index (χ0) is 18.8. The van der Waals surface area contributed by atoms with Gasteiger partial charge in [0, 0.05) is 37.8 Å². The molecule has 0 aliphatic heterocycles. The number of rotatable bonds is 8. The van der Waals surface area contributed by atoms with Crippen molar-refractivity contribution in [3.8, 4) is 17.2 Å². The minimum atomic E-state index is 0. The van der Waals surface area contributed by atoms with E-state index < -0.39 is 0 Å². The molecule has 0 bridgehead atoms. The van der Waals surface area contributed by atoms with Gasteiger partial charge in [0.15, 0.2) is 5.96 Å². The third-order valence-corrected chi connectivity index (χ3v) is 4.01. The van der Waals surface area contributed by atoms with Crippen molar-refractivity contribution in [2.24, 2.45) is 4.99 Å². The number of hydrogen-bond acceptors (Lipinski definition) is 4. The highest BCUT2D eigenvalue weighted by Crippen LogP contribution is 2.34. The Morgan fingerprint density at radius 2 is 1.56 bits per heavy atom. The molecule has 0 spiro atoms. The molecule has 148 valence electrons. The Labute approximate surface area is 178 Å². The molecule has 6 nitrogen and oxygen atoms in total. The maximum atomic E-state index is 5.49. The third kappa shape index (κ3) is 6.82. The zero-order valence-corrected chi connectivity index (χ0v) is 18.6. The van der Waals surface area contributed by atoms with E-state index >= 15 is 0 Å². The Morgan fingerprint density at radius 3 is 2.07 bits per heavy atom. The molecule has 0 radical (unpaired) electrons. The summed E-state index contributed by atoms with van der Waals surface area (Å²) in [6, 6.07) is 13.9. The summed E-state index contributed by atoms with van der Waals surface area (Å²) < 4.78 is 16.3. The van der Waals surface area contributed by atoms with Gasteiger partial charge in [-0.25, -0.2) is 0 Å². The van der Waals surface area contributed by atoms with E-state index in [1.54, 1.807) is 28.4 Å². The van der Waals surface area contributed by atoms with E-state index in [-0.39, 0.29) is 24.0 Å². The van der Waals surface area contributed by atoms with Crippen LogP contribution in [0.2, 0.25) is 0 Å². The number of aliphatic imine (C=N–C) groups is 1. The van der Waals surface area contributed by atoms with Crippen LogP contribution in [0.1, 0.15) is 11.1 Å². The Bertz CT molecular complexity index is 699. The molecule has 0 fully saturated rings. The summed E-state index contributed by atoms with van der Waals surface area (Å²) in [5.74, 6) is 2.95. The highest BCUT2D eigenvalue weighted by molar-refractivity contribution is 14.0. The standard InChI is InChI=1S/C20H27N3O3.HI/c1-21-20(23-14-15-8-6-5-7-9-15)22-11-10-17-18(25-3)12-16(24-2)13-19(17)26-4;/h5-9,12-13H,10-11,14H2,1-4H3,(H2,21,22,23);1H. The van der Waals surface area contributed by atoms with Crippen molar-refractivity contribution >= 4 is 29.9 Å². The highest BCUT2D eigenvalue weighted by Gasteiger charge is 2.13. The summed E-state index contributed by atoms with van der Waals surface area (Å²) in [5, 5.41) is 6.62. The van der Waals surface area contributed by atoms with Crippen LogP contribution in [0.25, 0.3) is 0 Å². The number of guanidine groups is 1. The molecule has 0 heterocycles. The van der Waals surface area contributed by atoms with Gasteiger partial charge in [0.25, 0.3) is 0 Å². The van der Waals surface area contributed by atoms with Gasteiger partial charge in [-0.2, -0.15) is 0 Å². The van der Waals surface area contributed by atoms with Crippen LogP contribution in [0.15, 0.2) is 47.5 Å². The van der Waals surface area contributed by atoms with E-state index in [4.69, 9.17) is 14.2 Å². The second-order valence-electron chi connectivity index (χ2n) is 5.60. The lowest BCUT2D eigenvalue weighted by Crippen LogP contribution is -2.37. The minimum absolute atomic E-state index is 0. The van der Waals surface area contributed by atoms with E-state index in [2.05, 4.69) is 27.8 Å². The lowest BCUT2D eigenvalue weighted by atomic mass is 10.1. The molecule has 2 N–H and O–H groups in total. The van der Waals surface area contributed by atoms with Crippen molar-refractivity contribution in [2.75, 3.05) is 34.9 Å². The average Bonchev–Trinajstić information content (AvgIpc) is 2.70. The van der Waals surface area contributed by atoms with Gasteiger partial charge in [-0.1, -0.05) is 30.3 Å². The lowest BCUT2D eigenvalue weighted by molar-refractivity contribution is 0.368. The molecule has 0 aromatic heterocycles. The third-order valence-electron chi connectivity index (χ3n) is 4.01. The first kappa shape index (κ1) is 22.9. The molecule has 0 saturated carbocycles. The summed E-state index contributed by atoms with van der Waals surface area (Å²) in [7, 11) is 6.67. The van der Waals surface area contributed by atoms with Crippen molar-refractivity contribution < 1.29 is 14.2 Å². The van der Waals surface area contributed by atoms with Crippen LogP contribution < -0.4 is 24.8 Å². The average molecular weight is 485 g/mol. The van der Waals surface area contributed by atoms with Crippen LogP contribution in [-0.2, 0) is 13.0 Å². The molecule has 2 aromatic rings. The first-order chi connectivity index (χ1) is 12.7. The van der Waals surface area contributed by atoms with Crippen LogP contribution in [0, 0.1) is 0 Å². The van der Waals surface area contributed by atoms with E-state index in [1.165, 1.54) is 5.56 Å². The molecular weight excluding hydrogens is 457 g/mol. The minimum Gasteiger partial charge on any atom is -0.496 e. The van der Waals surface area contributed by atoms with Crippen molar-refractivity contribution in [1.29, 1.82) is 0 Å². The fraction of sp³-hybridized carbons (Fsp3) is 0.350. The fourth-order valence-electron chi connectivity index (χ4n) is 2.63. The van der Waals surface area contributed by atoms with E-state index in [9.17, 15) is 0 Å².